The topological polar surface area (TPSA) is 75.9 Å². The van der Waals surface area contributed by atoms with Crippen LogP contribution >= 0.6 is 0 Å². The zero-order chi connectivity index (χ0) is 9.68. The summed E-state index contributed by atoms with van der Waals surface area (Å²) in [6.07, 6.45) is 2.71. The first kappa shape index (κ1) is 9.73. The van der Waals surface area contributed by atoms with Crippen LogP contribution in [0.3, 0.4) is 0 Å². The second-order valence-electron chi connectivity index (χ2n) is 2.86. The van der Waals surface area contributed by atoms with Crippen LogP contribution in [0.25, 0.3) is 0 Å². The van der Waals surface area contributed by atoms with Gasteiger partial charge in [0.1, 0.15) is 5.82 Å². The standard InChI is InChI=1S/C8H15N5/c1-3-6(2)11-7-4-5-10-8(12-7)13-9/h4-6H,3,9H2,1-2H3,(H2,10,11,12,13). The number of hydrogen-bond donors (Lipinski definition) is 3. The molecule has 0 aromatic carbocycles. The molecule has 0 bridgehead atoms. The maximum absolute atomic E-state index is 5.18. The first-order valence-electron chi connectivity index (χ1n) is 4.32. The van der Waals surface area contributed by atoms with E-state index < -0.39 is 0 Å². The summed E-state index contributed by atoms with van der Waals surface area (Å²) in [6, 6.07) is 2.22. The summed E-state index contributed by atoms with van der Waals surface area (Å²) >= 11 is 0. The molecule has 1 unspecified atom stereocenters. The van der Waals surface area contributed by atoms with Gasteiger partial charge in [0.2, 0.25) is 5.95 Å². The Morgan fingerprint density at radius 1 is 1.62 bits per heavy atom. The van der Waals surface area contributed by atoms with Crippen LogP contribution in [-0.2, 0) is 0 Å². The summed E-state index contributed by atoms with van der Waals surface area (Å²) in [6.45, 7) is 4.21. The van der Waals surface area contributed by atoms with Crippen LogP contribution in [0.2, 0.25) is 0 Å². The van der Waals surface area contributed by atoms with Crippen LogP contribution in [-0.4, -0.2) is 16.0 Å². The Bertz CT molecular complexity index is 262. The van der Waals surface area contributed by atoms with Crippen LogP contribution in [0.4, 0.5) is 11.8 Å². The van der Waals surface area contributed by atoms with Gasteiger partial charge in [-0.1, -0.05) is 6.92 Å². The molecule has 1 rings (SSSR count). The minimum atomic E-state index is 0.403. The van der Waals surface area contributed by atoms with Gasteiger partial charge in [-0.05, 0) is 19.4 Å². The number of rotatable bonds is 4. The van der Waals surface area contributed by atoms with E-state index in [2.05, 4.69) is 34.6 Å². The molecule has 1 aromatic rings. The second-order valence-corrected chi connectivity index (χ2v) is 2.86. The molecule has 1 atom stereocenters. The summed E-state index contributed by atoms with van der Waals surface area (Å²) in [7, 11) is 0. The van der Waals surface area contributed by atoms with Gasteiger partial charge in [-0.3, -0.25) is 5.43 Å². The van der Waals surface area contributed by atoms with Crippen molar-refractivity contribution < 1.29 is 0 Å². The number of anilines is 2. The van der Waals surface area contributed by atoms with E-state index in [1.165, 1.54) is 0 Å². The van der Waals surface area contributed by atoms with Crippen LogP contribution < -0.4 is 16.6 Å². The molecular weight excluding hydrogens is 166 g/mol. The lowest BCUT2D eigenvalue weighted by atomic mass is 10.2. The molecule has 0 saturated heterocycles. The van der Waals surface area contributed by atoms with Crippen molar-refractivity contribution in [1.29, 1.82) is 0 Å². The van der Waals surface area contributed by atoms with Crippen molar-refractivity contribution in [2.24, 2.45) is 5.84 Å². The normalized spacial score (nSPS) is 12.2. The van der Waals surface area contributed by atoms with Gasteiger partial charge < -0.3 is 5.32 Å². The third-order valence-electron chi connectivity index (χ3n) is 1.79. The van der Waals surface area contributed by atoms with Crippen molar-refractivity contribution in [3.63, 3.8) is 0 Å². The lowest BCUT2D eigenvalue weighted by Gasteiger charge is -2.11. The van der Waals surface area contributed by atoms with Crippen molar-refractivity contribution in [2.75, 3.05) is 10.7 Å². The molecule has 0 radical (unpaired) electrons. The fourth-order valence-corrected chi connectivity index (χ4v) is 0.863. The van der Waals surface area contributed by atoms with E-state index in [0.29, 0.717) is 12.0 Å². The molecule has 13 heavy (non-hydrogen) atoms. The van der Waals surface area contributed by atoms with Crippen LogP contribution in [0.5, 0.6) is 0 Å². The first-order valence-corrected chi connectivity index (χ1v) is 4.32. The lowest BCUT2D eigenvalue weighted by Crippen LogP contribution is -2.16. The predicted octanol–water partition coefficient (Wildman–Crippen LogP) is 0.973. The highest BCUT2D eigenvalue weighted by Gasteiger charge is 2.00. The molecule has 0 fully saturated rings. The highest BCUT2D eigenvalue weighted by molar-refractivity contribution is 5.39. The van der Waals surface area contributed by atoms with E-state index in [-0.39, 0.29) is 0 Å². The maximum Gasteiger partial charge on any atom is 0.239 e. The minimum Gasteiger partial charge on any atom is -0.367 e. The highest BCUT2D eigenvalue weighted by Crippen LogP contribution is 2.06. The molecule has 1 heterocycles. The van der Waals surface area contributed by atoms with Crippen LogP contribution in [0.15, 0.2) is 12.3 Å². The summed E-state index contributed by atoms with van der Waals surface area (Å²) in [5.74, 6) is 6.39. The van der Waals surface area contributed by atoms with E-state index in [1.807, 2.05) is 6.07 Å². The number of nitrogens with zero attached hydrogens (tertiary/aromatic N) is 2. The van der Waals surface area contributed by atoms with Crippen LogP contribution in [0, 0.1) is 0 Å². The Balaban J connectivity index is 2.66. The van der Waals surface area contributed by atoms with Crippen molar-refractivity contribution in [1.82, 2.24) is 9.97 Å². The number of nitrogens with two attached hydrogens (primary N) is 1. The van der Waals surface area contributed by atoms with Gasteiger partial charge in [0.15, 0.2) is 0 Å². The third-order valence-corrected chi connectivity index (χ3v) is 1.79. The van der Waals surface area contributed by atoms with E-state index in [4.69, 9.17) is 5.84 Å². The first-order chi connectivity index (χ1) is 6.26. The zero-order valence-electron chi connectivity index (χ0n) is 7.91. The Morgan fingerprint density at radius 3 is 3.00 bits per heavy atom. The number of nitrogens with one attached hydrogen (secondary N) is 2. The highest BCUT2D eigenvalue weighted by atomic mass is 15.3. The van der Waals surface area contributed by atoms with Crippen LogP contribution in [0.1, 0.15) is 20.3 Å². The summed E-state index contributed by atoms with van der Waals surface area (Å²) in [5.41, 5.74) is 2.40. The van der Waals surface area contributed by atoms with E-state index in [9.17, 15) is 0 Å². The molecule has 5 heteroatoms. The lowest BCUT2D eigenvalue weighted by molar-refractivity contribution is 0.758. The Hall–Kier alpha value is -1.36. The van der Waals surface area contributed by atoms with Gasteiger partial charge in [0.05, 0.1) is 0 Å². The smallest absolute Gasteiger partial charge is 0.239 e. The number of hydrogen-bond acceptors (Lipinski definition) is 5. The molecule has 0 aliphatic rings. The van der Waals surface area contributed by atoms with Crippen molar-refractivity contribution in [3.05, 3.63) is 12.3 Å². The predicted molar refractivity (Wildman–Crippen MR) is 53.2 cm³/mol. The SMILES string of the molecule is CCC(C)Nc1ccnc(NN)n1. The van der Waals surface area contributed by atoms with Gasteiger partial charge in [0.25, 0.3) is 0 Å². The Labute approximate surface area is 77.7 Å². The van der Waals surface area contributed by atoms with Gasteiger partial charge in [0, 0.05) is 12.2 Å². The molecule has 0 saturated carbocycles. The molecule has 0 aliphatic heterocycles. The molecule has 4 N–H and O–H groups in total. The second kappa shape index (κ2) is 4.61. The Kier molecular flexibility index (Phi) is 3.45. The molecule has 5 nitrogen and oxygen atoms in total. The molecule has 0 amide bonds. The minimum absolute atomic E-state index is 0.403. The average Bonchev–Trinajstić information content (AvgIpc) is 2.18. The average molecular weight is 181 g/mol. The fourth-order valence-electron chi connectivity index (χ4n) is 0.863. The van der Waals surface area contributed by atoms with E-state index >= 15 is 0 Å². The molecule has 0 aliphatic carbocycles. The summed E-state index contributed by atoms with van der Waals surface area (Å²) < 4.78 is 0. The molecule has 72 valence electrons. The van der Waals surface area contributed by atoms with Gasteiger partial charge in [-0.15, -0.1) is 0 Å². The van der Waals surface area contributed by atoms with Gasteiger partial charge >= 0.3 is 0 Å². The van der Waals surface area contributed by atoms with Gasteiger partial charge in [-0.2, -0.15) is 4.98 Å². The van der Waals surface area contributed by atoms with E-state index in [1.54, 1.807) is 6.20 Å². The fraction of sp³-hybridized carbons (Fsp3) is 0.500. The molecular formula is C8H15N5. The van der Waals surface area contributed by atoms with Crippen molar-refractivity contribution in [2.45, 2.75) is 26.3 Å². The number of nitrogen functional groups attached to an aromatic ring is 1. The zero-order valence-corrected chi connectivity index (χ0v) is 7.91. The maximum atomic E-state index is 5.18. The third kappa shape index (κ3) is 2.87. The quantitative estimate of drug-likeness (QED) is 0.476. The summed E-state index contributed by atoms with van der Waals surface area (Å²) in [5, 5.41) is 3.22. The van der Waals surface area contributed by atoms with Gasteiger partial charge in [-0.25, -0.2) is 10.8 Å². The molecule has 1 aromatic heterocycles. The monoisotopic (exact) mass is 181 g/mol. The van der Waals surface area contributed by atoms with E-state index in [0.717, 1.165) is 12.2 Å². The van der Waals surface area contributed by atoms with Crippen molar-refractivity contribution >= 4 is 11.8 Å². The Morgan fingerprint density at radius 2 is 2.38 bits per heavy atom. The van der Waals surface area contributed by atoms with Crippen molar-refractivity contribution in [3.8, 4) is 0 Å². The largest absolute Gasteiger partial charge is 0.367 e. The molecule has 0 spiro atoms. The number of hydrazine groups is 1. The number of aromatic nitrogens is 2. The summed E-state index contributed by atoms with van der Waals surface area (Å²) in [4.78, 5) is 8.02.